The first kappa shape index (κ1) is 18.7. The molecule has 1 saturated heterocycles. The zero-order chi connectivity index (χ0) is 18.6. The topological polar surface area (TPSA) is 111 Å². The minimum atomic E-state index is -3.72. The van der Waals surface area contributed by atoms with E-state index < -0.39 is 15.9 Å². The minimum absolute atomic E-state index is 0.121. The third-order valence-electron chi connectivity index (χ3n) is 3.59. The molecule has 9 nitrogen and oxygen atoms in total. The Balaban J connectivity index is 1.68. The van der Waals surface area contributed by atoms with Crippen molar-refractivity contribution >= 4 is 32.4 Å². The molecule has 1 fully saturated rings. The summed E-state index contributed by atoms with van der Waals surface area (Å²) in [6.07, 6.45) is 0. The van der Waals surface area contributed by atoms with E-state index in [1.165, 1.54) is 4.31 Å². The highest BCUT2D eigenvalue weighted by molar-refractivity contribution is 7.91. The summed E-state index contributed by atoms with van der Waals surface area (Å²) in [6, 6.07) is 6.61. The summed E-state index contributed by atoms with van der Waals surface area (Å²) in [5, 5.41) is 10.2. The average molecular weight is 398 g/mol. The fourth-order valence-electron chi connectivity index (χ4n) is 2.30. The van der Waals surface area contributed by atoms with Crippen LogP contribution in [0.15, 0.2) is 28.6 Å². The van der Waals surface area contributed by atoms with E-state index in [4.69, 9.17) is 9.47 Å². The van der Waals surface area contributed by atoms with Gasteiger partial charge < -0.3 is 9.47 Å². The predicted octanol–water partition coefficient (Wildman–Crippen LogP) is 1.21. The summed E-state index contributed by atoms with van der Waals surface area (Å²) in [6.45, 7) is 3.65. The van der Waals surface area contributed by atoms with Crippen LogP contribution in [0.25, 0.3) is 0 Å². The molecule has 2 heterocycles. The number of nitrogens with zero attached hydrogens (tertiary/aromatic N) is 3. The number of hydrogen-bond acceptors (Lipinski definition) is 8. The third-order valence-corrected chi connectivity index (χ3v) is 6.67. The second kappa shape index (κ2) is 8.08. The number of ether oxygens (including phenoxy) is 2. The van der Waals surface area contributed by atoms with Crippen molar-refractivity contribution < 1.29 is 22.7 Å². The van der Waals surface area contributed by atoms with Gasteiger partial charge in [0.1, 0.15) is 5.75 Å². The number of nitrogens with one attached hydrogen (secondary N) is 1. The monoisotopic (exact) mass is 398 g/mol. The van der Waals surface area contributed by atoms with E-state index in [0.717, 1.165) is 11.3 Å². The number of sulfonamides is 1. The van der Waals surface area contributed by atoms with Crippen molar-refractivity contribution in [3.63, 3.8) is 0 Å². The Morgan fingerprint density at radius 1 is 1.27 bits per heavy atom. The molecule has 0 unspecified atom stereocenters. The molecule has 1 aromatic carbocycles. The summed E-state index contributed by atoms with van der Waals surface area (Å²) < 4.78 is 36.6. The maximum absolute atomic E-state index is 12.5. The number of amides is 1. The van der Waals surface area contributed by atoms with Crippen LogP contribution < -0.4 is 10.1 Å². The molecule has 0 atom stereocenters. The third kappa shape index (κ3) is 4.18. The number of carbonyl (C=O) groups excluding carboxylic acids is 1. The molecular weight excluding hydrogens is 380 g/mol. The Hall–Kier alpha value is -2.08. The van der Waals surface area contributed by atoms with Gasteiger partial charge in [0.05, 0.1) is 19.8 Å². The van der Waals surface area contributed by atoms with Crippen molar-refractivity contribution in [3.8, 4) is 5.75 Å². The van der Waals surface area contributed by atoms with E-state index in [9.17, 15) is 13.2 Å². The molecule has 0 radical (unpaired) electrons. The van der Waals surface area contributed by atoms with Crippen LogP contribution in [0, 0.1) is 0 Å². The van der Waals surface area contributed by atoms with Gasteiger partial charge in [0, 0.05) is 18.7 Å². The SMILES string of the molecule is CCOc1ccc(C(=O)Nc2nnc(S(=O)(=O)N3CCOCC3)s2)cc1. The van der Waals surface area contributed by atoms with Gasteiger partial charge in [-0.3, -0.25) is 10.1 Å². The highest BCUT2D eigenvalue weighted by Crippen LogP contribution is 2.24. The lowest BCUT2D eigenvalue weighted by atomic mass is 10.2. The Kier molecular flexibility index (Phi) is 5.81. The standard InChI is InChI=1S/C15H18N4O5S2/c1-2-24-12-5-3-11(4-6-12)13(20)16-14-17-18-15(25-14)26(21,22)19-7-9-23-10-8-19/h3-6H,2,7-10H2,1H3,(H,16,17,20). The van der Waals surface area contributed by atoms with Gasteiger partial charge in [-0.25, -0.2) is 8.42 Å². The van der Waals surface area contributed by atoms with Crippen molar-refractivity contribution in [1.82, 2.24) is 14.5 Å². The molecule has 1 N–H and O–H groups in total. The minimum Gasteiger partial charge on any atom is -0.494 e. The molecule has 26 heavy (non-hydrogen) atoms. The van der Waals surface area contributed by atoms with Crippen molar-refractivity contribution in [1.29, 1.82) is 0 Å². The van der Waals surface area contributed by atoms with Gasteiger partial charge >= 0.3 is 0 Å². The molecule has 1 aromatic heterocycles. The zero-order valence-corrected chi connectivity index (χ0v) is 15.7. The van der Waals surface area contributed by atoms with E-state index in [0.29, 0.717) is 31.1 Å². The fraction of sp³-hybridized carbons (Fsp3) is 0.400. The Morgan fingerprint density at radius 3 is 2.62 bits per heavy atom. The Bertz CT molecular complexity index is 860. The number of aromatic nitrogens is 2. The van der Waals surface area contributed by atoms with Crippen LogP contribution in [-0.2, 0) is 14.8 Å². The Morgan fingerprint density at radius 2 is 1.96 bits per heavy atom. The van der Waals surface area contributed by atoms with Crippen LogP contribution in [0.2, 0.25) is 0 Å². The summed E-state index contributed by atoms with van der Waals surface area (Å²) in [4.78, 5) is 12.3. The average Bonchev–Trinajstić information content (AvgIpc) is 3.12. The van der Waals surface area contributed by atoms with E-state index >= 15 is 0 Å². The lowest BCUT2D eigenvalue weighted by Crippen LogP contribution is -2.40. The van der Waals surface area contributed by atoms with Crippen molar-refractivity contribution in [3.05, 3.63) is 29.8 Å². The van der Waals surface area contributed by atoms with Crippen molar-refractivity contribution in [2.75, 3.05) is 38.2 Å². The number of benzene rings is 1. The van der Waals surface area contributed by atoms with Crippen LogP contribution in [0.3, 0.4) is 0 Å². The first-order valence-electron chi connectivity index (χ1n) is 7.96. The van der Waals surface area contributed by atoms with E-state index in [2.05, 4.69) is 15.5 Å². The van der Waals surface area contributed by atoms with Crippen LogP contribution in [-0.4, -0.2) is 61.7 Å². The number of rotatable bonds is 6. The maximum Gasteiger partial charge on any atom is 0.272 e. The maximum atomic E-state index is 12.5. The van der Waals surface area contributed by atoms with Crippen molar-refractivity contribution in [2.45, 2.75) is 11.3 Å². The van der Waals surface area contributed by atoms with Crippen LogP contribution in [0.5, 0.6) is 5.75 Å². The number of morpholine rings is 1. The van der Waals surface area contributed by atoms with Gasteiger partial charge in [-0.1, -0.05) is 11.3 Å². The molecule has 0 spiro atoms. The molecule has 1 amide bonds. The zero-order valence-electron chi connectivity index (χ0n) is 14.0. The first-order valence-corrected chi connectivity index (χ1v) is 10.2. The second-order valence-electron chi connectivity index (χ2n) is 5.30. The van der Waals surface area contributed by atoms with Gasteiger partial charge in [-0.15, -0.1) is 10.2 Å². The molecule has 11 heteroatoms. The molecule has 1 aliphatic heterocycles. The van der Waals surface area contributed by atoms with Crippen molar-refractivity contribution in [2.24, 2.45) is 0 Å². The lowest BCUT2D eigenvalue weighted by Gasteiger charge is -2.24. The summed E-state index contributed by atoms with van der Waals surface area (Å²) in [7, 11) is -3.72. The van der Waals surface area contributed by atoms with Gasteiger partial charge in [0.15, 0.2) is 0 Å². The van der Waals surface area contributed by atoms with Crippen LogP contribution in [0.1, 0.15) is 17.3 Å². The van der Waals surface area contributed by atoms with Crippen LogP contribution in [0.4, 0.5) is 5.13 Å². The Labute approximate surface area is 155 Å². The molecule has 1 aliphatic rings. The fourth-order valence-corrected chi connectivity index (χ4v) is 4.74. The largest absolute Gasteiger partial charge is 0.494 e. The molecule has 0 bridgehead atoms. The quantitative estimate of drug-likeness (QED) is 0.728. The summed E-state index contributed by atoms with van der Waals surface area (Å²) >= 11 is 0.818. The predicted molar refractivity (Wildman–Crippen MR) is 95.1 cm³/mol. The molecular formula is C15H18N4O5S2. The molecule has 3 rings (SSSR count). The summed E-state index contributed by atoms with van der Waals surface area (Å²) in [5.41, 5.74) is 0.404. The number of anilines is 1. The highest BCUT2D eigenvalue weighted by Gasteiger charge is 2.30. The van der Waals surface area contributed by atoms with E-state index in [-0.39, 0.29) is 22.6 Å². The lowest BCUT2D eigenvalue weighted by molar-refractivity contribution is 0.0730. The molecule has 140 valence electrons. The van der Waals surface area contributed by atoms with Gasteiger partial charge in [-0.05, 0) is 31.2 Å². The normalized spacial score (nSPS) is 15.6. The van der Waals surface area contributed by atoms with Gasteiger partial charge in [-0.2, -0.15) is 4.31 Å². The smallest absolute Gasteiger partial charge is 0.272 e. The molecule has 2 aromatic rings. The molecule has 0 aliphatic carbocycles. The number of hydrogen-bond donors (Lipinski definition) is 1. The van der Waals surface area contributed by atoms with E-state index in [1.54, 1.807) is 24.3 Å². The number of carbonyl (C=O) groups is 1. The van der Waals surface area contributed by atoms with Crippen LogP contribution >= 0.6 is 11.3 Å². The highest BCUT2D eigenvalue weighted by atomic mass is 32.2. The second-order valence-corrected chi connectivity index (χ2v) is 8.39. The summed E-state index contributed by atoms with van der Waals surface area (Å²) in [5.74, 6) is 0.262. The first-order chi connectivity index (χ1) is 12.5. The van der Waals surface area contributed by atoms with E-state index in [1.807, 2.05) is 6.92 Å². The van der Waals surface area contributed by atoms with Gasteiger partial charge in [0.2, 0.25) is 9.47 Å². The molecule has 0 saturated carbocycles. The van der Waals surface area contributed by atoms with Gasteiger partial charge in [0.25, 0.3) is 15.9 Å².